The summed E-state index contributed by atoms with van der Waals surface area (Å²) >= 11 is 0. The molecule has 0 unspecified atom stereocenters. The summed E-state index contributed by atoms with van der Waals surface area (Å²) in [5.41, 5.74) is 7.64. The molecule has 0 amide bonds. The first-order valence-corrected chi connectivity index (χ1v) is 6.00. The quantitative estimate of drug-likeness (QED) is 0.685. The molecule has 2 aromatic heterocycles. The first-order chi connectivity index (χ1) is 9.50. The third-order valence-electron chi connectivity index (χ3n) is 3.21. The number of furan rings is 1. The monoisotopic (exact) mass is 272 g/mol. The van der Waals surface area contributed by atoms with Crippen LogP contribution < -0.4 is 11.5 Å². The van der Waals surface area contributed by atoms with E-state index in [0.717, 1.165) is 4.57 Å². The number of carbonyl (C=O) groups is 1. The Hall–Kier alpha value is -2.76. The minimum absolute atomic E-state index is 0.213. The molecule has 0 aliphatic heterocycles. The highest BCUT2D eigenvalue weighted by Gasteiger charge is 2.23. The van der Waals surface area contributed by atoms with Crippen LogP contribution in [0.4, 0.5) is 5.69 Å². The van der Waals surface area contributed by atoms with Crippen molar-refractivity contribution in [3.05, 3.63) is 51.9 Å². The maximum absolute atomic E-state index is 12.6. The van der Waals surface area contributed by atoms with Crippen LogP contribution in [0.5, 0.6) is 0 Å². The maximum atomic E-state index is 12.6. The summed E-state index contributed by atoms with van der Waals surface area (Å²) in [4.78, 5) is 24.5. The Morgan fingerprint density at radius 2 is 2.05 bits per heavy atom. The van der Waals surface area contributed by atoms with Gasteiger partial charge in [0, 0.05) is 5.56 Å². The minimum Gasteiger partial charge on any atom is -0.469 e. The number of para-hydroxylation sites is 1. The number of hydrogen-bond acceptors (Lipinski definition) is 5. The number of hydrogen-bond donors (Lipinski definition) is 1. The number of aromatic nitrogens is 1. The number of oxazole rings is 1. The molecule has 3 aromatic rings. The van der Waals surface area contributed by atoms with Gasteiger partial charge in [-0.05, 0) is 26.0 Å². The zero-order valence-electron chi connectivity index (χ0n) is 11.0. The van der Waals surface area contributed by atoms with Crippen LogP contribution >= 0.6 is 0 Å². The van der Waals surface area contributed by atoms with Crippen LogP contribution in [-0.2, 0) is 0 Å². The lowest BCUT2D eigenvalue weighted by Crippen LogP contribution is -2.23. The van der Waals surface area contributed by atoms with Gasteiger partial charge in [0.2, 0.25) is 0 Å². The van der Waals surface area contributed by atoms with E-state index in [1.54, 1.807) is 32.0 Å². The Bertz CT molecular complexity index is 863. The van der Waals surface area contributed by atoms with Crippen molar-refractivity contribution in [3.8, 4) is 0 Å². The van der Waals surface area contributed by atoms with E-state index in [1.807, 2.05) is 0 Å². The molecule has 0 aliphatic carbocycles. The van der Waals surface area contributed by atoms with E-state index in [2.05, 4.69) is 0 Å². The molecule has 0 saturated heterocycles. The highest BCUT2D eigenvalue weighted by molar-refractivity contribution is 6.03. The predicted octanol–water partition coefficient (Wildman–Crippen LogP) is 2.08. The molecule has 0 fully saturated rings. The molecule has 20 heavy (non-hydrogen) atoms. The van der Waals surface area contributed by atoms with E-state index >= 15 is 0 Å². The van der Waals surface area contributed by atoms with Crippen LogP contribution in [0.2, 0.25) is 0 Å². The Morgan fingerprint density at radius 1 is 1.30 bits per heavy atom. The molecule has 0 saturated carbocycles. The maximum Gasteiger partial charge on any atom is 0.427 e. The molecule has 3 rings (SSSR count). The van der Waals surface area contributed by atoms with E-state index in [9.17, 15) is 9.59 Å². The van der Waals surface area contributed by atoms with Gasteiger partial charge in [0.05, 0.1) is 17.5 Å². The molecule has 0 radical (unpaired) electrons. The fraction of sp³-hybridized carbons (Fsp3) is 0.143. The summed E-state index contributed by atoms with van der Waals surface area (Å²) in [6.07, 6.45) is 1.48. The lowest BCUT2D eigenvalue weighted by atomic mass is 10.1. The van der Waals surface area contributed by atoms with Crippen molar-refractivity contribution in [2.45, 2.75) is 13.8 Å². The minimum atomic E-state index is -0.761. The third kappa shape index (κ3) is 1.58. The molecule has 6 heteroatoms. The van der Waals surface area contributed by atoms with Gasteiger partial charge < -0.3 is 14.6 Å². The Balaban J connectivity index is 2.31. The van der Waals surface area contributed by atoms with Gasteiger partial charge in [-0.2, -0.15) is 0 Å². The lowest BCUT2D eigenvalue weighted by Gasteiger charge is -2.01. The fourth-order valence-corrected chi connectivity index (χ4v) is 2.26. The highest BCUT2D eigenvalue weighted by atomic mass is 16.4. The van der Waals surface area contributed by atoms with Gasteiger partial charge in [-0.15, -0.1) is 0 Å². The van der Waals surface area contributed by atoms with E-state index < -0.39 is 11.7 Å². The van der Waals surface area contributed by atoms with Crippen LogP contribution in [0.15, 0.2) is 38.1 Å². The van der Waals surface area contributed by atoms with Crippen LogP contribution in [0.3, 0.4) is 0 Å². The summed E-state index contributed by atoms with van der Waals surface area (Å²) in [5, 5.41) is 0. The first-order valence-electron chi connectivity index (χ1n) is 6.00. The molecule has 6 nitrogen and oxygen atoms in total. The number of fused-ring (bicyclic) bond motifs is 1. The van der Waals surface area contributed by atoms with E-state index in [1.165, 1.54) is 6.26 Å². The molecule has 0 spiro atoms. The topological polar surface area (TPSA) is 91.4 Å². The number of aryl methyl sites for hydroxylation is 2. The van der Waals surface area contributed by atoms with Crippen molar-refractivity contribution in [1.82, 2.24) is 4.57 Å². The number of carbonyl (C=O) groups excluding carboxylic acids is 1. The average Bonchev–Trinajstić information content (AvgIpc) is 2.90. The summed E-state index contributed by atoms with van der Waals surface area (Å²) in [6, 6.07) is 4.87. The van der Waals surface area contributed by atoms with Gasteiger partial charge in [0.25, 0.3) is 5.91 Å². The fourth-order valence-electron chi connectivity index (χ4n) is 2.26. The Morgan fingerprint density at radius 3 is 2.70 bits per heavy atom. The molecule has 2 heterocycles. The molecular weight excluding hydrogens is 260 g/mol. The van der Waals surface area contributed by atoms with E-state index in [-0.39, 0.29) is 5.58 Å². The molecule has 2 N–H and O–H groups in total. The predicted molar refractivity (Wildman–Crippen MR) is 72.8 cm³/mol. The van der Waals surface area contributed by atoms with Crippen molar-refractivity contribution in [1.29, 1.82) is 0 Å². The number of rotatable bonds is 1. The molecule has 1 aromatic carbocycles. The summed E-state index contributed by atoms with van der Waals surface area (Å²) in [6.45, 7) is 3.41. The summed E-state index contributed by atoms with van der Waals surface area (Å²) in [7, 11) is 0. The Labute approximate surface area is 113 Å². The molecule has 0 bridgehead atoms. The Kier molecular flexibility index (Phi) is 2.53. The highest BCUT2D eigenvalue weighted by Crippen LogP contribution is 2.22. The van der Waals surface area contributed by atoms with Gasteiger partial charge in [-0.3, -0.25) is 4.79 Å². The third-order valence-corrected chi connectivity index (χ3v) is 3.21. The van der Waals surface area contributed by atoms with Gasteiger partial charge in [0.15, 0.2) is 5.58 Å². The molecule has 102 valence electrons. The van der Waals surface area contributed by atoms with E-state index in [4.69, 9.17) is 14.6 Å². The second kappa shape index (κ2) is 4.12. The number of nitrogens with two attached hydrogens (primary N) is 1. The first kappa shape index (κ1) is 12.3. The second-order valence-electron chi connectivity index (χ2n) is 4.55. The lowest BCUT2D eigenvalue weighted by molar-refractivity contribution is 0.0954. The van der Waals surface area contributed by atoms with Gasteiger partial charge in [-0.25, -0.2) is 9.36 Å². The van der Waals surface area contributed by atoms with Crippen molar-refractivity contribution >= 4 is 22.7 Å². The number of nitrogens with zero attached hydrogens (tertiary/aromatic N) is 1. The van der Waals surface area contributed by atoms with Crippen molar-refractivity contribution in [2.75, 3.05) is 5.73 Å². The normalized spacial score (nSPS) is 11.1. The van der Waals surface area contributed by atoms with Crippen molar-refractivity contribution < 1.29 is 13.6 Å². The molecule has 0 atom stereocenters. The summed E-state index contributed by atoms with van der Waals surface area (Å²) < 4.78 is 11.2. The van der Waals surface area contributed by atoms with E-state index in [0.29, 0.717) is 28.1 Å². The largest absolute Gasteiger partial charge is 0.469 e. The number of benzene rings is 1. The van der Waals surface area contributed by atoms with Gasteiger partial charge in [0.1, 0.15) is 11.3 Å². The van der Waals surface area contributed by atoms with Crippen LogP contribution in [0.1, 0.15) is 21.7 Å². The van der Waals surface area contributed by atoms with Crippen LogP contribution in [0, 0.1) is 13.8 Å². The molecular formula is C14H12N2O4. The second-order valence-corrected chi connectivity index (χ2v) is 4.55. The van der Waals surface area contributed by atoms with Crippen LogP contribution in [0.25, 0.3) is 11.1 Å². The average molecular weight is 272 g/mol. The standard InChI is InChI=1S/C14H12N2O4/c1-7-6-19-8(2)11(7)13(17)16-10-5-3-4-9(15)12(10)20-14(16)18/h3-6H,15H2,1-2H3. The van der Waals surface area contributed by atoms with Gasteiger partial charge in [-0.1, -0.05) is 6.07 Å². The SMILES string of the molecule is Cc1coc(C)c1C(=O)n1c(=O)oc2c(N)cccc21. The zero-order chi connectivity index (χ0) is 14.4. The van der Waals surface area contributed by atoms with Crippen molar-refractivity contribution in [2.24, 2.45) is 0 Å². The number of nitrogen functional groups attached to an aromatic ring is 1. The van der Waals surface area contributed by atoms with Gasteiger partial charge >= 0.3 is 5.76 Å². The molecule has 0 aliphatic rings. The summed E-state index contributed by atoms with van der Waals surface area (Å²) in [5.74, 6) is -0.788. The van der Waals surface area contributed by atoms with Crippen molar-refractivity contribution in [3.63, 3.8) is 0 Å². The smallest absolute Gasteiger partial charge is 0.427 e. The zero-order valence-corrected chi connectivity index (χ0v) is 11.0. The van der Waals surface area contributed by atoms with Crippen LogP contribution in [-0.4, -0.2) is 10.5 Å². The number of anilines is 1.